The van der Waals surface area contributed by atoms with Crippen LogP contribution in [-0.4, -0.2) is 13.4 Å². The van der Waals surface area contributed by atoms with Gasteiger partial charge in [0.15, 0.2) is 0 Å². The number of aromatic nitrogens is 1. The summed E-state index contributed by atoms with van der Waals surface area (Å²) in [5.74, 6) is -0.625. The summed E-state index contributed by atoms with van der Waals surface area (Å²) in [7, 11) is -3.74. The molecule has 0 aliphatic carbocycles. The van der Waals surface area contributed by atoms with Gasteiger partial charge in [0.25, 0.3) is 0 Å². The van der Waals surface area contributed by atoms with E-state index >= 15 is 0 Å². The van der Waals surface area contributed by atoms with Crippen molar-refractivity contribution in [1.82, 2.24) is 9.71 Å². The summed E-state index contributed by atoms with van der Waals surface area (Å²) in [5.41, 5.74) is 7.98. The van der Waals surface area contributed by atoms with Crippen molar-refractivity contribution in [2.45, 2.75) is 25.3 Å². The minimum absolute atomic E-state index is 0.0152. The van der Waals surface area contributed by atoms with Crippen molar-refractivity contribution in [3.8, 4) is 0 Å². The average molecular weight is 315 g/mol. The van der Waals surface area contributed by atoms with Crippen LogP contribution in [0, 0.1) is 19.7 Å². The molecule has 0 fully saturated rings. The Hall–Kier alpha value is -1.51. The van der Waals surface area contributed by atoms with Crippen LogP contribution in [0.2, 0.25) is 0 Å². The largest absolute Gasteiger partial charge is 0.396 e. The van der Waals surface area contributed by atoms with Crippen LogP contribution in [0.1, 0.15) is 16.1 Å². The summed E-state index contributed by atoms with van der Waals surface area (Å²) >= 11 is 1.37. The molecule has 20 heavy (non-hydrogen) atoms. The molecule has 0 aliphatic rings. The number of thiazole rings is 1. The van der Waals surface area contributed by atoms with Gasteiger partial charge in [-0.05, 0) is 31.5 Å². The highest BCUT2D eigenvalue weighted by Crippen LogP contribution is 2.22. The molecular weight excluding hydrogens is 301 g/mol. The number of nitrogens with zero attached hydrogens (tertiary/aromatic N) is 1. The van der Waals surface area contributed by atoms with Crippen LogP contribution in [0.3, 0.4) is 0 Å². The third kappa shape index (κ3) is 2.97. The van der Waals surface area contributed by atoms with Gasteiger partial charge < -0.3 is 5.73 Å². The Balaban J connectivity index is 2.27. The first-order valence-corrected chi connectivity index (χ1v) is 8.12. The van der Waals surface area contributed by atoms with Crippen LogP contribution in [-0.2, 0) is 16.6 Å². The van der Waals surface area contributed by atoms with Gasteiger partial charge in [0.2, 0.25) is 10.0 Å². The Kier molecular flexibility index (Phi) is 4.07. The van der Waals surface area contributed by atoms with E-state index in [2.05, 4.69) is 9.71 Å². The lowest BCUT2D eigenvalue weighted by Crippen LogP contribution is -2.24. The van der Waals surface area contributed by atoms with Crippen LogP contribution >= 0.6 is 11.3 Å². The molecular formula is C12H14FN3O2S2. The van der Waals surface area contributed by atoms with Gasteiger partial charge in [-0.15, -0.1) is 11.3 Å². The fraction of sp³-hybridized carbons (Fsp3) is 0.250. The first-order chi connectivity index (χ1) is 9.31. The molecule has 0 saturated heterocycles. The van der Waals surface area contributed by atoms with Crippen molar-refractivity contribution < 1.29 is 12.8 Å². The van der Waals surface area contributed by atoms with Gasteiger partial charge in [0.05, 0.1) is 21.8 Å². The van der Waals surface area contributed by atoms with Crippen molar-refractivity contribution in [2.24, 2.45) is 0 Å². The van der Waals surface area contributed by atoms with Gasteiger partial charge in [-0.25, -0.2) is 22.5 Å². The summed E-state index contributed by atoms with van der Waals surface area (Å²) in [6.45, 7) is 3.48. The molecule has 2 aromatic rings. The Labute approximate surface area is 120 Å². The molecule has 5 nitrogen and oxygen atoms in total. The van der Waals surface area contributed by atoms with E-state index in [9.17, 15) is 12.8 Å². The molecule has 3 N–H and O–H groups in total. The molecule has 0 saturated carbocycles. The molecule has 108 valence electrons. The molecule has 2 rings (SSSR count). The monoisotopic (exact) mass is 315 g/mol. The number of nitrogens with two attached hydrogens (primary N) is 1. The number of anilines is 1. The molecule has 0 spiro atoms. The first kappa shape index (κ1) is 14.9. The average Bonchev–Trinajstić information content (AvgIpc) is 2.77. The minimum atomic E-state index is -3.74. The number of sulfonamides is 1. The summed E-state index contributed by atoms with van der Waals surface area (Å²) in [6.07, 6.45) is 0. The maximum absolute atomic E-state index is 13.3. The zero-order valence-electron chi connectivity index (χ0n) is 11.0. The van der Waals surface area contributed by atoms with Gasteiger partial charge in [0.1, 0.15) is 5.82 Å². The Bertz CT molecular complexity index is 741. The molecule has 1 heterocycles. The summed E-state index contributed by atoms with van der Waals surface area (Å²) in [5, 5.41) is 0. The molecule has 1 aromatic carbocycles. The fourth-order valence-electron chi connectivity index (χ4n) is 1.69. The summed E-state index contributed by atoms with van der Waals surface area (Å²) in [6, 6.07) is 2.24. The van der Waals surface area contributed by atoms with Crippen LogP contribution in [0.25, 0.3) is 0 Å². The number of rotatable bonds is 4. The predicted molar refractivity (Wildman–Crippen MR) is 76.4 cm³/mol. The van der Waals surface area contributed by atoms with E-state index in [0.29, 0.717) is 5.56 Å². The lowest BCUT2D eigenvalue weighted by Gasteiger charge is -2.10. The molecule has 0 radical (unpaired) electrons. The maximum atomic E-state index is 13.3. The van der Waals surface area contributed by atoms with E-state index in [-0.39, 0.29) is 17.1 Å². The second-order valence-electron chi connectivity index (χ2n) is 4.32. The quantitative estimate of drug-likeness (QED) is 0.845. The van der Waals surface area contributed by atoms with E-state index in [1.54, 1.807) is 12.4 Å². The summed E-state index contributed by atoms with van der Waals surface area (Å²) in [4.78, 5) is 4.87. The highest BCUT2D eigenvalue weighted by Gasteiger charge is 2.19. The lowest BCUT2D eigenvalue weighted by atomic mass is 10.2. The molecule has 0 aliphatic heterocycles. The number of benzene rings is 1. The lowest BCUT2D eigenvalue weighted by molar-refractivity contribution is 0.580. The van der Waals surface area contributed by atoms with E-state index in [1.165, 1.54) is 18.3 Å². The van der Waals surface area contributed by atoms with Crippen molar-refractivity contribution in [2.75, 3.05) is 5.73 Å². The number of aryl methyl sites for hydroxylation is 2. The van der Waals surface area contributed by atoms with Crippen molar-refractivity contribution in [1.29, 1.82) is 0 Å². The summed E-state index contributed by atoms with van der Waals surface area (Å²) < 4.78 is 40.2. The van der Waals surface area contributed by atoms with Crippen LogP contribution in [0.5, 0.6) is 0 Å². The highest BCUT2D eigenvalue weighted by molar-refractivity contribution is 7.89. The smallest absolute Gasteiger partial charge is 0.241 e. The molecule has 0 bridgehead atoms. The molecule has 1 aromatic heterocycles. The van der Waals surface area contributed by atoms with Crippen molar-refractivity contribution in [3.05, 3.63) is 39.6 Å². The first-order valence-electron chi connectivity index (χ1n) is 5.75. The standard InChI is InChI=1S/C12H14FN3O2S2/c1-7-3-9(13)10(14)4-12(7)20(17,18)16-5-11-8(2)15-6-19-11/h3-4,6,16H,5,14H2,1-2H3. The van der Waals surface area contributed by atoms with Crippen LogP contribution < -0.4 is 10.5 Å². The van der Waals surface area contributed by atoms with E-state index < -0.39 is 15.8 Å². The predicted octanol–water partition coefficient (Wildman–Crippen LogP) is 1.96. The second kappa shape index (κ2) is 5.47. The van der Waals surface area contributed by atoms with Gasteiger partial charge in [-0.1, -0.05) is 0 Å². The minimum Gasteiger partial charge on any atom is -0.396 e. The third-order valence-corrected chi connectivity index (χ3v) is 5.33. The zero-order chi connectivity index (χ0) is 14.9. The fourth-order valence-corrected chi connectivity index (χ4v) is 3.76. The van der Waals surface area contributed by atoms with E-state index in [0.717, 1.165) is 22.7 Å². The van der Waals surface area contributed by atoms with Crippen molar-refractivity contribution >= 4 is 27.0 Å². The van der Waals surface area contributed by atoms with Gasteiger partial charge in [0, 0.05) is 11.4 Å². The topological polar surface area (TPSA) is 85.1 Å². The van der Waals surface area contributed by atoms with Gasteiger partial charge in [-0.2, -0.15) is 0 Å². The molecule has 0 unspecified atom stereocenters. The SMILES string of the molecule is Cc1cc(F)c(N)cc1S(=O)(=O)NCc1scnc1C. The van der Waals surface area contributed by atoms with Crippen LogP contribution in [0.4, 0.5) is 10.1 Å². The highest BCUT2D eigenvalue weighted by atomic mass is 32.2. The second-order valence-corrected chi connectivity index (χ2v) is 7.00. The number of hydrogen-bond acceptors (Lipinski definition) is 5. The Morgan fingerprint density at radius 1 is 1.40 bits per heavy atom. The number of nitrogens with one attached hydrogen (secondary N) is 1. The van der Waals surface area contributed by atoms with Crippen molar-refractivity contribution in [3.63, 3.8) is 0 Å². The number of nitrogen functional groups attached to an aromatic ring is 1. The number of hydrogen-bond donors (Lipinski definition) is 2. The third-order valence-electron chi connectivity index (χ3n) is 2.85. The van der Waals surface area contributed by atoms with E-state index in [4.69, 9.17) is 5.73 Å². The molecule has 0 amide bonds. The van der Waals surface area contributed by atoms with E-state index in [1.807, 2.05) is 0 Å². The van der Waals surface area contributed by atoms with Gasteiger partial charge in [-0.3, -0.25) is 0 Å². The normalized spacial score (nSPS) is 11.8. The molecule has 0 atom stereocenters. The Morgan fingerprint density at radius 3 is 2.70 bits per heavy atom. The number of halogens is 1. The van der Waals surface area contributed by atoms with Crippen LogP contribution in [0.15, 0.2) is 22.5 Å². The zero-order valence-corrected chi connectivity index (χ0v) is 12.6. The molecule has 8 heteroatoms. The van der Waals surface area contributed by atoms with Gasteiger partial charge >= 0.3 is 0 Å². The maximum Gasteiger partial charge on any atom is 0.241 e. The Morgan fingerprint density at radius 2 is 2.10 bits per heavy atom.